The Labute approximate surface area is 119 Å². The van der Waals surface area contributed by atoms with Gasteiger partial charge in [0.05, 0.1) is 13.2 Å². The van der Waals surface area contributed by atoms with Crippen molar-refractivity contribution in [1.29, 1.82) is 0 Å². The summed E-state index contributed by atoms with van der Waals surface area (Å²) in [6.45, 7) is 9.07. The predicted molar refractivity (Wildman–Crippen MR) is 73.9 cm³/mol. The van der Waals surface area contributed by atoms with Crippen LogP contribution in [-0.2, 0) is 14.3 Å². The average molecular weight is 282 g/mol. The fraction of sp³-hybridized carbons (Fsp3) is 0.643. The van der Waals surface area contributed by atoms with E-state index in [0.717, 1.165) is 17.7 Å². The van der Waals surface area contributed by atoms with Crippen molar-refractivity contribution in [3.8, 4) is 0 Å². The number of urea groups is 1. The fourth-order valence-corrected chi connectivity index (χ4v) is 2.08. The van der Waals surface area contributed by atoms with Crippen molar-refractivity contribution in [2.75, 3.05) is 13.2 Å². The number of nitrogens with one attached hydrogen (secondary N) is 1. The lowest BCUT2D eigenvalue weighted by molar-refractivity contribution is -0.138. The maximum absolute atomic E-state index is 12.3. The number of imide groups is 1. The van der Waals surface area contributed by atoms with Crippen LogP contribution in [0.2, 0.25) is 0 Å². The molecule has 112 valence electrons. The third-order valence-electron chi connectivity index (χ3n) is 3.29. The van der Waals surface area contributed by atoms with Crippen molar-refractivity contribution in [2.24, 2.45) is 0 Å². The van der Waals surface area contributed by atoms with Crippen LogP contribution in [-0.4, -0.2) is 41.5 Å². The molecule has 1 rings (SSSR count). The molecule has 0 aromatic heterocycles. The molecule has 1 unspecified atom stereocenters. The highest BCUT2D eigenvalue weighted by molar-refractivity contribution is 6.07. The molecule has 1 aliphatic rings. The summed E-state index contributed by atoms with van der Waals surface area (Å²) in [5.41, 5.74) is -0.794. The van der Waals surface area contributed by atoms with Crippen molar-refractivity contribution < 1.29 is 19.1 Å². The molecule has 0 aliphatic carbocycles. The van der Waals surface area contributed by atoms with Crippen LogP contribution in [0.4, 0.5) is 4.79 Å². The van der Waals surface area contributed by atoms with Gasteiger partial charge >= 0.3 is 12.0 Å². The van der Waals surface area contributed by atoms with Gasteiger partial charge in [0.1, 0.15) is 5.54 Å². The Balaban J connectivity index is 2.72. The lowest BCUT2D eigenvalue weighted by atomic mass is 9.95. The van der Waals surface area contributed by atoms with Crippen molar-refractivity contribution >= 4 is 17.9 Å². The molecule has 1 atom stereocenters. The molecular formula is C14H22N2O4. The molecule has 20 heavy (non-hydrogen) atoms. The number of hydrogen-bond acceptors (Lipinski definition) is 4. The van der Waals surface area contributed by atoms with E-state index in [1.54, 1.807) is 13.8 Å². The number of carbonyl (C=O) groups excluding carboxylic acids is 3. The van der Waals surface area contributed by atoms with E-state index in [9.17, 15) is 14.4 Å². The van der Waals surface area contributed by atoms with Crippen LogP contribution in [0, 0.1) is 0 Å². The van der Waals surface area contributed by atoms with Gasteiger partial charge in [0.2, 0.25) is 0 Å². The third kappa shape index (κ3) is 3.37. The number of amides is 3. The first-order valence-electron chi connectivity index (χ1n) is 6.84. The number of nitrogens with zero attached hydrogens (tertiary/aromatic N) is 1. The van der Waals surface area contributed by atoms with Crippen molar-refractivity contribution in [3.63, 3.8) is 0 Å². The number of rotatable bonds is 7. The molecule has 6 heteroatoms. The number of hydrogen-bond donors (Lipinski definition) is 1. The van der Waals surface area contributed by atoms with Gasteiger partial charge in [0.15, 0.2) is 0 Å². The van der Waals surface area contributed by atoms with Gasteiger partial charge < -0.3 is 10.1 Å². The molecule has 0 radical (unpaired) electrons. The quantitative estimate of drug-likeness (QED) is 0.437. The summed E-state index contributed by atoms with van der Waals surface area (Å²) in [6, 6.07) is -0.487. The molecule has 0 saturated carbocycles. The first kappa shape index (κ1) is 16.2. The number of unbranched alkanes of at least 4 members (excludes halogenated alkanes) is 1. The van der Waals surface area contributed by atoms with E-state index in [4.69, 9.17) is 4.74 Å². The van der Waals surface area contributed by atoms with Crippen LogP contribution < -0.4 is 5.32 Å². The van der Waals surface area contributed by atoms with Crippen molar-refractivity contribution in [3.05, 3.63) is 12.2 Å². The largest absolute Gasteiger partial charge is 0.463 e. The van der Waals surface area contributed by atoms with Crippen molar-refractivity contribution in [2.45, 2.75) is 45.6 Å². The van der Waals surface area contributed by atoms with Gasteiger partial charge in [-0.25, -0.2) is 9.59 Å². The molecular weight excluding hydrogens is 260 g/mol. The smallest absolute Gasteiger partial charge is 0.335 e. The molecule has 6 nitrogen and oxygen atoms in total. The van der Waals surface area contributed by atoms with Crippen LogP contribution in [0.15, 0.2) is 12.2 Å². The predicted octanol–water partition coefficient (Wildman–Crippen LogP) is 1.61. The maximum atomic E-state index is 12.3. The zero-order valence-electron chi connectivity index (χ0n) is 12.3. The summed E-state index contributed by atoms with van der Waals surface area (Å²) in [6.07, 6.45) is 2.36. The molecule has 1 fully saturated rings. The van der Waals surface area contributed by atoms with Gasteiger partial charge in [0, 0.05) is 5.57 Å². The monoisotopic (exact) mass is 282 g/mol. The highest BCUT2D eigenvalue weighted by Gasteiger charge is 2.47. The van der Waals surface area contributed by atoms with Gasteiger partial charge in [-0.15, -0.1) is 0 Å². The molecule has 1 heterocycles. The van der Waals surface area contributed by atoms with Crippen molar-refractivity contribution in [1.82, 2.24) is 10.2 Å². The zero-order valence-corrected chi connectivity index (χ0v) is 12.3. The molecule has 1 saturated heterocycles. The summed E-state index contributed by atoms with van der Waals surface area (Å²) in [4.78, 5) is 36.7. The maximum Gasteiger partial charge on any atom is 0.335 e. The van der Waals surface area contributed by atoms with Gasteiger partial charge in [-0.05, 0) is 20.3 Å². The Kier molecular flexibility index (Phi) is 5.30. The second-order valence-corrected chi connectivity index (χ2v) is 5.08. The van der Waals surface area contributed by atoms with E-state index >= 15 is 0 Å². The highest BCUT2D eigenvalue weighted by atomic mass is 16.5. The SMILES string of the molecule is C=C(CN1C(=O)NC(C)(CCCC)C1=O)C(=O)OCC. The minimum atomic E-state index is -0.887. The van der Waals surface area contributed by atoms with E-state index in [0.29, 0.717) is 6.42 Å². The number of esters is 1. The first-order valence-corrected chi connectivity index (χ1v) is 6.84. The lowest BCUT2D eigenvalue weighted by Gasteiger charge is -2.21. The molecule has 0 aromatic rings. The average Bonchev–Trinajstić information content (AvgIpc) is 2.60. The highest BCUT2D eigenvalue weighted by Crippen LogP contribution is 2.24. The number of ether oxygens (including phenoxy) is 1. The van der Waals surface area contributed by atoms with E-state index in [-0.39, 0.29) is 24.6 Å². The Bertz CT molecular complexity index is 433. The van der Waals surface area contributed by atoms with Gasteiger partial charge in [0.25, 0.3) is 5.91 Å². The van der Waals surface area contributed by atoms with Crippen LogP contribution in [0.1, 0.15) is 40.0 Å². The summed E-state index contributed by atoms with van der Waals surface area (Å²) >= 11 is 0. The van der Waals surface area contributed by atoms with Crippen LogP contribution >= 0.6 is 0 Å². The van der Waals surface area contributed by atoms with E-state index < -0.39 is 17.5 Å². The van der Waals surface area contributed by atoms with Gasteiger partial charge in [-0.2, -0.15) is 0 Å². The summed E-state index contributed by atoms with van der Waals surface area (Å²) in [7, 11) is 0. The Morgan fingerprint density at radius 2 is 2.05 bits per heavy atom. The van der Waals surface area contributed by atoms with E-state index in [1.165, 1.54) is 0 Å². The van der Waals surface area contributed by atoms with Crippen LogP contribution in [0.25, 0.3) is 0 Å². The first-order chi connectivity index (χ1) is 9.35. The molecule has 0 spiro atoms. The van der Waals surface area contributed by atoms with Crippen LogP contribution in [0.3, 0.4) is 0 Å². The van der Waals surface area contributed by atoms with Gasteiger partial charge in [-0.1, -0.05) is 26.3 Å². The summed E-state index contributed by atoms with van der Waals surface area (Å²) < 4.78 is 4.79. The topological polar surface area (TPSA) is 75.7 Å². The Morgan fingerprint density at radius 3 is 2.60 bits per heavy atom. The van der Waals surface area contributed by atoms with E-state index in [2.05, 4.69) is 11.9 Å². The zero-order chi connectivity index (χ0) is 15.3. The van der Waals surface area contributed by atoms with E-state index in [1.807, 2.05) is 6.92 Å². The van der Waals surface area contributed by atoms with Gasteiger partial charge in [-0.3, -0.25) is 9.69 Å². The minimum absolute atomic E-state index is 0.0927. The minimum Gasteiger partial charge on any atom is -0.463 e. The second kappa shape index (κ2) is 6.54. The van der Waals surface area contributed by atoms with Crippen LogP contribution in [0.5, 0.6) is 0 Å². The fourth-order valence-electron chi connectivity index (χ4n) is 2.08. The number of carbonyl (C=O) groups is 3. The molecule has 3 amide bonds. The standard InChI is InChI=1S/C14H22N2O4/c1-5-7-8-14(4)12(18)16(13(19)15-14)9-10(3)11(17)20-6-2/h3,5-9H2,1-2,4H3,(H,15,19). The summed E-state index contributed by atoms with van der Waals surface area (Å²) in [5, 5.41) is 2.69. The summed E-state index contributed by atoms with van der Waals surface area (Å²) in [5.74, 6) is -0.906. The Hall–Kier alpha value is -1.85. The normalized spacial score (nSPS) is 21.9. The molecule has 1 N–H and O–H groups in total. The third-order valence-corrected chi connectivity index (χ3v) is 3.29. The molecule has 0 bridgehead atoms. The molecule has 1 aliphatic heterocycles. The lowest BCUT2D eigenvalue weighted by Crippen LogP contribution is -2.44. The molecule has 0 aromatic carbocycles. The Morgan fingerprint density at radius 1 is 1.40 bits per heavy atom. The second-order valence-electron chi connectivity index (χ2n) is 5.08.